The summed E-state index contributed by atoms with van der Waals surface area (Å²) in [5, 5.41) is 0. The van der Waals surface area contributed by atoms with E-state index in [0.717, 1.165) is 43.9 Å². The number of hydrogen-bond acceptors (Lipinski definition) is 5. The first kappa shape index (κ1) is 19.8. The smallest absolute Gasteiger partial charge is 0.255 e. The Morgan fingerprint density at radius 2 is 1.90 bits per heavy atom. The number of fused-ring (bicyclic) bond motifs is 4. The van der Waals surface area contributed by atoms with Gasteiger partial charge < -0.3 is 14.5 Å². The minimum absolute atomic E-state index is 0.134. The monoisotopic (exact) mass is 417 g/mol. The van der Waals surface area contributed by atoms with E-state index in [0.29, 0.717) is 18.3 Å². The van der Waals surface area contributed by atoms with E-state index in [4.69, 9.17) is 0 Å². The SMILES string of the molecule is CN(Cc1ccccc1)Cc1ccc2n(c1=O)C[C@H]1C[C@@H]2CN(c2cc(=O)[nH]cn2)C1. The van der Waals surface area contributed by atoms with Crippen LogP contribution in [0.1, 0.15) is 29.2 Å². The van der Waals surface area contributed by atoms with E-state index in [1.807, 2.05) is 28.8 Å². The zero-order valence-electron chi connectivity index (χ0n) is 17.7. The minimum Gasteiger partial charge on any atom is -0.355 e. The molecule has 0 spiro atoms. The van der Waals surface area contributed by atoms with Gasteiger partial charge in [-0.25, -0.2) is 4.98 Å². The molecular weight excluding hydrogens is 390 g/mol. The van der Waals surface area contributed by atoms with Crippen molar-refractivity contribution in [2.45, 2.75) is 32.0 Å². The summed E-state index contributed by atoms with van der Waals surface area (Å²) in [6, 6.07) is 16.0. The lowest BCUT2D eigenvalue weighted by Crippen LogP contribution is -2.48. The second-order valence-corrected chi connectivity index (χ2v) is 8.83. The molecule has 2 aromatic heterocycles. The van der Waals surface area contributed by atoms with E-state index >= 15 is 0 Å². The number of piperidine rings is 1. The number of aromatic amines is 1. The summed E-state index contributed by atoms with van der Waals surface area (Å²) in [7, 11) is 2.05. The van der Waals surface area contributed by atoms with Crippen LogP contribution >= 0.6 is 0 Å². The first-order valence-electron chi connectivity index (χ1n) is 10.8. The fourth-order valence-corrected chi connectivity index (χ4v) is 5.07. The second-order valence-electron chi connectivity index (χ2n) is 8.83. The lowest BCUT2D eigenvalue weighted by atomic mass is 9.83. The Kier molecular flexibility index (Phi) is 5.19. The highest BCUT2D eigenvalue weighted by molar-refractivity contribution is 5.39. The van der Waals surface area contributed by atoms with Gasteiger partial charge in [0.15, 0.2) is 0 Å². The third-order valence-electron chi connectivity index (χ3n) is 6.41. The molecular formula is C24H27N5O2. The molecule has 1 N–H and O–H groups in total. The van der Waals surface area contributed by atoms with Crippen molar-refractivity contribution in [1.29, 1.82) is 0 Å². The first-order chi connectivity index (χ1) is 15.1. The number of anilines is 1. The molecule has 2 atom stereocenters. The molecule has 7 nitrogen and oxygen atoms in total. The summed E-state index contributed by atoms with van der Waals surface area (Å²) in [6.45, 7) is 3.76. The van der Waals surface area contributed by atoms with Gasteiger partial charge >= 0.3 is 0 Å². The summed E-state index contributed by atoms with van der Waals surface area (Å²) in [5.41, 5.74) is 3.18. The zero-order valence-corrected chi connectivity index (χ0v) is 17.7. The van der Waals surface area contributed by atoms with Crippen LogP contribution in [-0.4, -0.2) is 39.6 Å². The normalized spacial score (nSPS) is 20.0. The van der Waals surface area contributed by atoms with E-state index in [9.17, 15) is 9.59 Å². The Balaban J connectivity index is 1.36. The average Bonchev–Trinajstić information content (AvgIpc) is 2.76. The van der Waals surface area contributed by atoms with Crippen LogP contribution in [0.25, 0.3) is 0 Å². The highest BCUT2D eigenvalue weighted by Crippen LogP contribution is 2.36. The predicted octanol–water partition coefficient (Wildman–Crippen LogP) is 2.19. The van der Waals surface area contributed by atoms with Crippen LogP contribution in [-0.2, 0) is 19.6 Å². The van der Waals surface area contributed by atoms with Gasteiger partial charge in [-0.2, -0.15) is 0 Å². The lowest BCUT2D eigenvalue weighted by molar-refractivity contribution is 0.276. The van der Waals surface area contributed by atoms with Gasteiger partial charge in [0.1, 0.15) is 5.82 Å². The molecule has 3 aromatic rings. The van der Waals surface area contributed by atoms with Gasteiger partial charge in [0.25, 0.3) is 11.1 Å². The lowest BCUT2D eigenvalue weighted by Gasteiger charge is -2.43. The molecule has 2 aliphatic heterocycles. The van der Waals surface area contributed by atoms with Gasteiger partial charge in [0, 0.05) is 56.0 Å². The van der Waals surface area contributed by atoms with E-state index in [-0.39, 0.29) is 17.0 Å². The first-order valence-corrected chi connectivity index (χ1v) is 10.8. The molecule has 1 aromatic carbocycles. The van der Waals surface area contributed by atoms with Crippen LogP contribution in [0.4, 0.5) is 5.82 Å². The average molecular weight is 418 g/mol. The van der Waals surface area contributed by atoms with Crippen molar-refractivity contribution in [1.82, 2.24) is 19.4 Å². The van der Waals surface area contributed by atoms with Gasteiger partial charge in [-0.05, 0) is 31.0 Å². The van der Waals surface area contributed by atoms with Crippen molar-refractivity contribution in [2.75, 3.05) is 25.0 Å². The fraction of sp³-hybridized carbons (Fsp3) is 0.375. The Labute approximate surface area is 181 Å². The molecule has 5 rings (SSSR count). The second kappa shape index (κ2) is 8.15. The zero-order chi connectivity index (χ0) is 21.4. The number of nitrogens with zero attached hydrogens (tertiary/aromatic N) is 4. The standard InChI is InChI=1S/C24H27N5O2/c1-27(11-17-5-3-2-4-6-17)14-19-7-8-21-20-9-18(13-29(21)24(19)31)12-28(15-20)22-10-23(30)26-16-25-22/h2-8,10,16,18,20H,9,11-15H2,1H3,(H,25,26,30)/t18-,20+/m0/s1. The molecule has 0 radical (unpaired) electrons. The summed E-state index contributed by atoms with van der Waals surface area (Å²) in [6.07, 6.45) is 2.53. The van der Waals surface area contributed by atoms with Gasteiger partial charge in [0.05, 0.1) is 6.33 Å². The van der Waals surface area contributed by atoms with Crippen molar-refractivity contribution in [3.8, 4) is 0 Å². The highest BCUT2D eigenvalue weighted by atomic mass is 16.1. The molecule has 0 saturated carbocycles. The Hall–Kier alpha value is -3.19. The summed E-state index contributed by atoms with van der Waals surface area (Å²) in [5.74, 6) is 1.37. The topological polar surface area (TPSA) is 74.2 Å². The van der Waals surface area contributed by atoms with Crippen molar-refractivity contribution >= 4 is 5.82 Å². The molecule has 0 unspecified atom stereocenters. The van der Waals surface area contributed by atoms with Crippen LogP contribution in [0, 0.1) is 5.92 Å². The maximum Gasteiger partial charge on any atom is 0.255 e. The number of H-pyrrole nitrogens is 1. The molecule has 160 valence electrons. The molecule has 0 aliphatic carbocycles. The number of rotatable bonds is 5. The number of pyridine rings is 1. The number of aromatic nitrogens is 3. The maximum atomic E-state index is 13.3. The summed E-state index contributed by atoms with van der Waals surface area (Å²) in [4.78, 5) is 36.3. The Morgan fingerprint density at radius 1 is 1.06 bits per heavy atom. The van der Waals surface area contributed by atoms with Gasteiger partial charge in [-0.3, -0.25) is 14.5 Å². The molecule has 7 heteroatoms. The number of hydrogen-bond donors (Lipinski definition) is 1. The van der Waals surface area contributed by atoms with E-state index in [1.54, 1.807) is 6.07 Å². The van der Waals surface area contributed by atoms with Gasteiger partial charge in [-0.1, -0.05) is 36.4 Å². The van der Waals surface area contributed by atoms with Crippen LogP contribution in [0.5, 0.6) is 0 Å². The predicted molar refractivity (Wildman–Crippen MR) is 120 cm³/mol. The quantitative estimate of drug-likeness (QED) is 0.689. The van der Waals surface area contributed by atoms with Crippen LogP contribution < -0.4 is 16.0 Å². The molecule has 1 fully saturated rings. The molecule has 2 bridgehead atoms. The van der Waals surface area contributed by atoms with Gasteiger partial charge in [-0.15, -0.1) is 0 Å². The number of benzene rings is 1. The fourth-order valence-electron chi connectivity index (χ4n) is 5.07. The van der Waals surface area contributed by atoms with Crippen molar-refractivity contribution in [3.63, 3.8) is 0 Å². The maximum absolute atomic E-state index is 13.3. The highest BCUT2D eigenvalue weighted by Gasteiger charge is 2.35. The third-order valence-corrected chi connectivity index (χ3v) is 6.41. The number of nitrogens with one attached hydrogen (secondary N) is 1. The molecule has 31 heavy (non-hydrogen) atoms. The van der Waals surface area contributed by atoms with Gasteiger partial charge in [0.2, 0.25) is 0 Å². The van der Waals surface area contributed by atoms with Crippen LogP contribution in [0.15, 0.2) is 64.4 Å². The molecule has 4 heterocycles. The van der Waals surface area contributed by atoms with E-state index in [2.05, 4.69) is 45.0 Å². The van der Waals surface area contributed by atoms with E-state index < -0.39 is 0 Å². The van der Waals surface area contributed by atoms with E-state index in [1.165, 1.54) is 11.9 Å². The molecule has 2 aliphatic rings. The summed E-state index contributed by atoms with van der Waals surface area (Å²) < 4.78 is 1.99. The minimum atomic E-state index is -0.137. The molecule has 0 amide bonds. The summed E-state index contributed by atoms with van der Waals surface area (Å²) >= 11 is 0. The van der Waals surface area contributed by atoms with Crippen LogP contribution in [0.3, 0.4) is 0 Å². The largest absolute Gasteiger partial charge is 0.355 e. The molecule has 1 saturated heterocycles. The van der Waals surface area contributed by atoms with Crippen molar-refractivity contribution in [2.24, 2.45) is 5.92 Å². The third kappa shape index (κ3) is 4.05. The van der Waals surface area contributed by atoms with Crippen LogP contribution in [0.2, 0.25) is 0 Å². The van der Waals surface area contributed by atoms with Crippen molar-refractivity contribution < 1.29 is 0 Å². The Bertz CT molecular complexity index is 1190. The Morgan fingerprint density at radius 3 is 2.71 bits per heavy atom. The van der Waals surface area contributed by atoms with Crippen molar-refractivity contribution in [3.05, 3.63) is 92.4 Å².